The van der Waals surface area contributed by atoms with Gasteiger partial charge < -0.3 is 16.0 Å². The lowest BCUT2D eigenvalue weighted by Crippen LogP contribution is -2.33. The van der Waals surface area contributed by atoms with Crippen molar-refractivity contribution >= 4 is 34.5 Å². The van der Waals surface area contributed by atoms with E-state index in [2.05, 4.69) is 20.3 Å². The van der Waals surface area contributed by atoms with Crippen LogP contribution in [0.4, 0.5) is 25.1 Å². The molecular weight excluding hydrogens is 334 g/mol. The maximum atomic E-state index is 14.2. The molecule has 0 fully saturated rings. The van der Waals surface area contributed by atoms with Crippen LogP contribution >= 0.6 is 0 Å². The van der Waals surface area contributed by atoms with Crippen molar-refractivity contribution in [3.05, 3.63) is 47.9 Å². The topological polar surface area (TPSA) is 117 Å². The number of hydrogen-bond acceptors (Lipinski definition) is 4. The summed E-state index contributed by atoms with van der Waals surface area (Å²) in [5.74, 6) is -3.13. The van der Waals surface area contributed by atoms with Crippen LogP contribution in [-0.2, 0) is 0 Å². The molecule has 25 heavy (non-hydrogen) atoms. The number of urea groups is 1. The number of primary amides is 1. The lowest BCUT2D eigenvalue weighted by Gasteiger charge is -2.18. The predicted octanol–water partition coefficient (Wildman–Crippen LogP) is 2.00. The fraction of sp³-hybridized carbons (Fsp3) is 0.0667. The molecule has 3 aromatic rings. The van der Waals surface area contributed by atoms with Crippen molar-refractivity contribution in [1.29, 1.82) is 0 Å². The summed E-state index contributed by atoms with van der Waals surface area (Å²) in [6, 6.07) is 2.54. The van der Waals surface area contributed by atoms with Crippen LogP contribution in [0.15, 0.2) is 30.7 Å². The van der Waals surface area contributed by atoms with Crippen molar-refractivity contribution < 1.29 is 18.4 Å². The van der Waals surface area contributed by atoms with E-state index >= 15 is 0 Å². The van der Waals surface area contributed by atoms with Gasteiger partial charge in [0.25, 0.3) is 5.91 Å². The van der Waals surface area contributed by atoms with Crippen LogP contribution in [0, 0.1) is 11.6 Å². The Morgan fingerprint density at radius 3 is 2.72 bits per heavy atom. The van der Waals surface area contributed by atoms with Crippen molar-refractivity contribution in [3.63, 3.8) is 0 Å². The molecule has 0 saturated carbocycles. The minimum atomic E-state index is -1.25. The Balaban J connectivity index is 1.94. The average molecular weight is 346 g/mol. The monoisotopic (exact) mass is 346 g/mol. The molecule has 0 radical (unpaired) electrons. The first-order chi connectivity index (χ1) is 11.9. The van der Waals surface area contributed by atoms with Gasteiger partial charge in [0.15, 0.2) is 5.82 Å². The van der Waals surface area contributed by atoms with E-state index in [1.54, 1.807) is 12.3 Å². The Morgan fingerprint density at radius 2 is 2.00 bits per heavy atom. The molecule has 0 saturated heterocycles. The third-order valence-electron chi connectivity index (χ3n) is 3.54. The highest BCUT2D eigenvalue weighted by Gasteiger charge is 2.22. The number of halogens is 2. The zero-order valence-electron chi connectivity index (χ0n) is 12.9. The molecule has 8 nitrogen and oxygen atoms in total. The summed E-state index contributed by atoms with van der Waals surface area (Å²) >= 11 is 0. The highest BCUT2D eigenvalue weighted by molar-refractivity contribution is 6.06. The van der Waals surface area contributed by atoms with Crippen molar-refractivity contribution in [2.45, 2.75) is 0 Å². The number of nitrogens with one attached hydrogen (secondary N) is 2. The first-order valence-electron chi connectivity index (χ1n) is 7.00. The molecule has 0 aliphatic carbocycles. The Morgan fingerprint density at radius 1 is 1.24 bits per heavy atom. The predicted molar refractivity (Wildman–Crippen MR) is 86.2 cm³/mol. The average Bonchev–Trinajstić information content (AvgIpc) is 3.06. The van der Waals surface area contributed by atoms with Gasteiger partial charge in [-0.05, 0) is 18.2 Å². The third kappa shape index (κ3) is 2.84. The van der Waals surface area contributed by atoms with Gasteiger partial charge in [-0.25, -0.2) is 23.5 Å². The summed E-state index contributed by atoms with van der Waals surface area (Å²) < 4.78 is 28.1. The van der Waals surface area contributed by atoms with Crippen LogP contribution in [0.3, 0.4) is 0 Å². The quantitative estimate of drug-likeness (QED) is 0.672. The number of aromatic amines is 1. The van der Waals surface area contributed by atoms with E-state index in [4.69, 9.17) is 5.73 Å². The molecule has 0 atom stereocenters. The van der Waals surface area contributed by atoms with Crippen LogP contribution in [0.1, 0.15) is 10.4 Å². The Labute approximate surface area is 139 Å². The van der Waals surface area contributed by atoms with Crippen molar-refractivity contribution in [3.8, 4) is 0 Å². The number of carbonyl (C=O) groups excluding carboxylic acids is 2. The van der Waals surface area contributed by atoms with Gasteiger partial charge in [-0.2, -0.15) is 0 Å². The lowest BCUT2D eigenvalue weighted by atomic mass is 10.1. The smallest absolute Gasteiger partial charge is 0.327 e. The second-order valence-corrected chi connectivity index (χ2v) is 5.07. The fourth-order valence-electron chi connectivity index (χ4n) is 2.27. The van der Waals surface area contributed by atoms with E-state index in [1.165, 1.54) is 13.4 Å². The molecule has 0 unspecified atom stereocenters. The maximum absolute atomic E-state index is 14.2. The summed E-state index contributed by atoms with van der Waals surface area (Å²) in [6.07, 6.45) is 2.86. The van der Waals surface area contributed by atoms with E-state index in [-0.39, 0.29) is 5.82 Å². The van der Waals surface area contributed by atoms with Crippen LogP contribution in [0.25, 0.3) is 11.0 Å². The maximum Gasteiger partial charge on any atom is 0.327 e. The number of nitrogens with zero attached hydrogens (tertiary/aromatic N) is 3. The van der Waals surface area contributed by atoms with E-state index in [0.29, 0.717) is 11.0 Å². The number of benzene rings is 1. The third-order valence-corrected chi connectivity index (χ3v) is 3.54. The van der Waals surface area contributed by atoms with Crippen molar-refractivity contribution in [2.75, 3.05) is 17.3 Å². The molecule has 3 amide bonds. The molecule has 4 N–H and O–H groups in total. The number of rotatable bonds is 3. The Kier molecular flexibility index (Phi) is 4.01. The molecular formula is C15H12F2N6O2. The van der Waals surface area contributed by atoms with Crippen LogP contribution in [-0.4, -0.2) is 33.9 Å². The largest absolute Gasteiger partial charge is 0.366 e. The Hall–Kier alpha value is -3.56. The molecule has 3 rings (SSSR count). The highest BCUT2D eigenvalue weighted by Crippen LogP contribution is 2.25. The standard InChI is InChI=1S/C15H12F2N6O2/c1-23(14-8-4-5-19-13(8)20-6-21-14)15(25)22-11-9(16)3-2-7(10(11)17)12(18)24/h2-6H,1H3,(H2,18,24)(H,22,25)(H,19,20,21). The molecule has 10 heteroatoms. The van der Waals surface area contributed by atoms with Gasteiger partial charge in [0, 0.05) is 13.2 Å². The van der Waals surface area contributed by atoms with Gasteiger partial charge in [-0.15, -0.1) is 0 Å². The van der Waals surface area contributed by atoms with Gasteiger partial charge in [0.05, 0.1) is 10.9 Å². The normalized spacial score (nSPS) is 10.7. The van der Waals surface area contributed by atoms with Crippen LogP contribution in [0.2, 0.25) is 0 Å². The second kappa shape index (κ2) is 6.15. The number of amides is 3. The molecule has 2 aromatic heterocycles. The zero-order valence-corrected chi connectivity index (χ0v) is 12.9. The number of H-pyrrole nitrogens is 1. The van der Waals surface area contributed by atoms with Gasteiger partial charge in [-0.3, -0.25) is 9.69 Å². The Bertz CT molecular complexity index is 987. The van der Waals surface area contributed by atoms with Crippen LogP contribution in [0.5, 0.6) is 0 Å². The van der Waals surface area contributed by atoms with Gasteiger partial charge in [0.1, 0.15) is 29.3 Å². The number of nitrogens with two attached hydrogens (primary N) is 1. The van der Waals surface area contributed by atoms with Crippen molar-refractivity contribution in [2.24, 2.45) is 5.73 Å². The summed E-state index contributed by atoms with van der Waals surface area (Å²) in [4.78, 5) is 35.4. The number of carbonyl (C=O) groups is 2. The number of hydrogen-bond donors (Lipinski definition) is 3. The zero-order chi connectivity index (χ0) is 18.1. The van der Waals surface area contributed by atoms with Gasteiger partial charge in [0.2, 0.25) is 0 Å². The molecule has 0 aliphatic heterocycles. The summed E-state index contributed by atoms with van der Waals surface area (Å²) in [5.41, 5.74) is 4.21. The lowest BCUT2D eigenvalue weighted by molar-refractivity contribution is 0.0996. The highest BCUT2D eigenvalue weighted by atomic mass is 19.1. The molecule has 0 aliphatic rings. The minimum absolute atomic E-state index is 0.232. The first-order valence-corrected chi connectivity index (χ1v) is 7.00. The molecule has 0 bridgehead atoms. The summed E-state index contributed by atoms with van der Waals surface area (Å²) in [5, 5.41) is 2.64. The van der Waals surface area contributed by atoms with E-state index < -0.39 is 34.8 Å². The van der Waals surface area contributed by atoms with Crippen LogP contribution < -0.4 is 16.0 Å². The molecule has 128 valence electrons. The number of anilines is 2. The van der Waals surface area contributed by atoms with E-state index in [1.807, 2.05) is 0 Å². The molecule has 1 aromatic carbocycles. The molecule has 0 spiro atoms. The SMILES string of the molecule is CN(C(=O)Nc1c(F)ccc(C(N)=O)c1F)c1ncnc2[nH]ccc12. The van der Waals surface area contributed by atoms with Crippen molar-refractivity contribution in [1.82, 2.24) is 15.0 Å². The second-order valence-electron chi connectivity index (χ2n) is 5.07. The summed E-state index contributed by atoms with van der Waals surface area (Å²) in [7, 11) is 1.37. The van der Waals surface area contributed by atoms with Gasteiger partial charge in [-0.1, -0.05) is 0 Å². The number of fused-ring (bicyclic) bond motifs is 1. The first kappa shape index (κ1) is 16.3. The number of aromatic nitrogens is 3. The minimum Gasteiger partial charge on any atom is -0.366 e. The van der Waals surface area contributed by atoms with E-state index in [9.17, 15) is 18.4 Å². The fourth-order valence-corrected chi connectivity index (χ4v) is 2.27. The van der Waals surface area contributed by atoms with E-state index in [0.717, 1.165) is 17.0 Å². The van der Waals surface area contributed by atoms with Gasteiger partial charge >= 0.3 is 6.03 Å². The summed E-state index contributed by atoms with van der Waals surface area (Å²) in [6.45, 7) is 0. The molecule has 2 heterocycles.